The summed E-state index contributed by atoms with van der Waals surface area (Å²) in [6, 6.07) is 2.27. The molecule has 0 radical (unpaired) electrons. The molecule has 1 aliphatic heterocycles. The molecule has 0 unspecified atom stereocenters. The largest absolute Gasteiger partial charge is 0.335 e. The molecule has 0 aliphatic carbocycles. The number of carbonyl (C=O) groups is 1. The molecule has 1 aliphatic rings. The summed E-state index contributed by atoms with van der Waals surface area (Å²) < 4.78 is 2.08. The quantitative estimate of drug-likeness (QED) is 0.824. The highest BCUT2D eigenvalue weighted by atomic mass is 16.2. The Labute approximate surface area is 121 Å². The van der Waals surface area contributed by atoms with Crippen LogP contribution in [-0.4, -0.2) is 52.7 Å². The fourth-order valence-corrected chi connectivity index (χ4v) is 2.70. The van der Waals surface area contributed by atoms with E-state index in [4.69, 9.17) is 0 Å². The average Bonchev–Trinajstić information content (AvgIpc) is 2.83. The third-order valence-electron chi connectivity index (χ3n) is 3.75. The maximum absolute atomic E-state index is 12.3. The van der Waals surface area contributed by atoms with Crippen molar-refractivity contribution in [1.82, 2.24) is 19.6 Å². The van der Waals surface area contributed by atoms with Gasteiger partial charge in [0.25, 0.3) is 0 Å². The van der Waals surface area contributed by atoms with E-state index in [1.165, 1.54) is 0 Å². The first-order chi connectivity index (χ1) is 9.47. The Bertz CT molecular complexity index is 452. The summed E-state index contributed by atoms with van der Waals surface area (Å²) in [5.41, 5.74) is 1.14. The van der Waals surface area contributed by atoms with Crippen molar-refractivity contribution >= 4 is 5.91 Å². The lowest BCUT2D eigenvalue weighted by atomic mass is 10.1. The van der Waals surface area contributed by atoms with Gasteiger partial charge in [-0.3, -0.25) is 9.48 Å². The fourth-order valence-electron chi connectivity index (χ4n) is 2.70. The number of nitrogens with zero attached hydrogens (tertiary/aromatic N) is 4. The Morgan fingerprint density at radius 1 is 1.50 bits per heavy atom. The van der Waals surface area contributed by atoms with Gasteiger partial charge in [0.15, 0.2) is 0 Å². The lowest BCUT2D eigenvalue weighted by Crippen LogP contribution is -2.44. The molecular formula is C15H26N4O. The van der Waals surface area contributed by atoms with E-state index >= 15 is 0 Å². The van der Waals surface area contributed by atoms with Gasteiger partial charge >= 0.3 is 0 Å². The molecule has 0 bridgehead atoms. The third-order valence-corrected chi connectivity index (χ3v) is 3.75. The predicted molar refractivity (Wildman–Crippen MR) is 79.3 cm³/mol. The van der Waals surface area contributed by atoms with Crippen LogP contribution in [0, 0.1) is 5.92 Å². The van der Waals surface area contributed by atoms with Crippen LogP contribution >= 0.6 is 0 Å². The van der Waals surface area contributed by atoms with Crippen molar-refractivity contribution < 1.29 is 4.79 Å². The molecule has 1 aromatic rings. The molecule has 0 saturated carbocycles. The second kappa shape index (κ2) is 6.39. The minimum Gasteiger partial charge on any atom is -0.335 e. The Hall–Kier alpha value is -1.36. The van der Waals surface area contributed by atoms with Crippen molar-refractivity contribution in [2.45, 2.75) is 39.3 Å². The van der Waals surface area contributed by atoms with Crippen molar-refractivity contribution in [3.63, 3.8) is 0 Å². The van der Waals surface area contributed by atoms with E-state index < -0.39 is 0 Å². The molecule has 5 nitrogen and oxygen atoms in total. The zero-order chi connectivity index (χ0) is 14.7. The van der Waals surface area contributed by atoms with Gasteiger partial charge in [0.1, 0.15) is 0 Å². The van der Waals surface area contributed by atoms with Crippen LogP contribution in [0.15, 0.2) is 12.3 Å². The Kier molecular flexibility index (Phi) is 4.81. The van der Waals surface area contributed by atoms with Crippen LogP contribution in [-0.2, 0) is 11.3 Å². The summed E-state index contributed by atoms with van der Waals surface area (Å²) in [5, 5.41) is 4.41. The van der Waals surface area contributed by atoms with Crippen molar-refractivity contribution in [1.29, 1.82) is 0 Å². The molecule has 112 valence electrons. The average molecular weight is 278 g/mol. The summed E-state index contributed by atoms with van der Waals surface area (Å²) in [7, 11) is 4.12. The van der Waals surface area contributed by atoms with Gasteiger partial charge < -0.3 is 9.80 Å². The van der Waals surface area contributed by atoms with E-state index in [0.717, 1.165) is 25.2 Å². The van der Waals surface area contributed by atoms with Crippen LogP contribution in [0.25, 0.3) is 0 Å². The van der Waals surface area contributed by atoms with Gasteiger partial charge in [-0.1, -0.05) is 13.8 Å². The second-order valence-corrected chi connectivity index (χ2v) is 6.39. The minimum absolute atomic E-state index is 0.256. The number of likely N-dealkylation sites (N-methyl/N-ethyl adjacent to an activating group) is 1. The van der Waals surface area contributed by atoms with Crippen LogP contribution in [0.1, 0.15) is 38.4 Å². The standard InChI is InChI=1S/C15H26N4O/c1-12(2)5-6-15(20)18-10-13-7-8-16-19(13)14(11-18)9-17(3)4/h7-8,12,14H,5-6,9-11H2,1-4H3/t14-/m0/s1. The first-order valence-corrected chi connectivity index (χ1v) is 7.42. The van der Waals surface area contributed by atoms with Gasteiger partial charge in [-0.25, -0.2) is 0 Å². The number of rotatable bonds is 5. The molecule has 20 heavy (non-hydrogen) atoms. The zero-order valence-corrected chi connectivity index (χ0v) is 13.0. The predicted octanol–water partition coefficient (Wildman–Crippen LogP) is 1.76. The molecule has 1 amide bonds. The van der Waals surface area contributed by atoms with Crippen LogP contribution in [0.4, 0.5) is 0 Å². The summed E-state index contributed by atoms with van der Waals surface area (Å²) in [4.78, 5) is 16.5. The molecule has 0 spiro atoms. The van der Waals surface area contributed by atoms with Gasteiger partial charge in [0.2, 0.25) is 5.91 Å². The minimum atomic E-state index is 0.256. The van der Waals surface area contributed by atoms with Crippen LogP contribution in [0.2, 0.25) is 0 Å². The first-order valence-electron chi connectivity index (χ1n) is 7.42. The van der Waals surface area contributed by atoms with Gasteiger partial charge in [0.05, 0.1) is 18.3 Å². The molecule has 0 N–H and O–H groups in total. The van der Waals surface area contributed by atoms with E-state index in [2.05, 4.69) is 42.6 Å². The number of aromatic nitrogens is 2. The highest BCUT2D eigenvalue weighted by molar-refractivity contribution is 5.76. The maximum Gasteiger partial charge on any atom is 0.223 e. The number of fused-ring (bicyclic) bond motifs is 1. The van der Waals surface area contributed by atoms with E-state index in [1.807, 2.05) is 17.2 Å². The van der Waals surface area contributed by atoms with Gasteiger partial charge in [-0.15, -0.1) is 0 Å². The lowest BCUT2D eigenvalue weighted by molar-refractivity contribution is -0.133. The number of carbonyl (C=O) groups excluding carboxylic acids is 1. The molecule has 0 fully saturated rings. The smallest absolute Gasteiger partial charge is 0.223 e. The van der Waals surface area contributed by atoms with E-state index in [0.29, 0.717) is 18.9 Å². The van der Waals surface area contributed by atoms with E-state index in [-0.39, 0.29) is 11.9 Å². The van der Waals surface area contributed by atoms with Crippen molar-refractivity contribution in [3.05, 3.63) is 18.0 Å². The molecular weight excluding hydrogens is 252 g/mol. The van der Waals surface area contributed by atoms with Crippen molar-refractivity contribution in [3.8, 4) is 0 Å². The summed E-state index contributed by atoms with van der Waals surface area (Å²) in [6.45, 7) is 6.69. The third kappa shape index (κ3) is 3.60. The van der Waals surface area contributed by atoms with Crippen LogP contribution in [0.5, 0.6) is 0 Å². The number of hydrogen-bond acceptors (Lipinski definition) is 3. The van der Waals surface area contributed by atoms with Crippen molar-refractivity contribution in [2.24, 2.45) is 5.92 Å². The Morgan fingerprint density at radius 2 is 2.25 bits per heavy atom. The number of amides is 1. The number of hydrogen-bond donors (Lipinski definition) is 0. The van der Waals surface area contributed by atoms with Gasteiger partial charge in [0, 0.05) is 25.7 Å². The summed E-state index contributed by atoms with van der Waals surface area (Å²) in [6.07, 6.45) is 3.45. The maximum atomic E-state index is 12.3. The van der Waals surface area contributed by atoms with Gasteiger partial charge in [-0.05, 0) is 32.5 Å². The van der Waals surface area contributed by atoms with Crippen molar-refractivity contribution in [2.75, 3.05) is 27.2 Å². The van der Waals surface area contributed by atoms with E-state index in [9.17, 15) is 4.79 Å². The summed E-state index contributed by atoms with van der Waals surface area (Å²) in [5.74, 6) is 0.849. The summed E-state index contributed by atoms with van der Waals surface area (Å²) >= 11 is 0. The molecule has 2 rings (SSSR count). The molecule has 0 aromatic carbocycles. The monoisotopic (exact) mass is 278 g/mol. The molecule has 1 atom stereocenters. The molecule has 5 heteroatoms. The zero-order valence-electron chi connectivity index (χ0n) is 13.0. The Morgan fingerprint density at radius 3 is 2.90 bits per heavy atom. The van der Waals surface area contributed by atoms with Crippen LogP contribution < -0.4 is 0 Å². The Balaban J connectivity index is 2.05. The normalized spacial score (nSPS) is 18.7. The topological polar surface area (TPSA) is 41.4 Å². The second-order valence-electron chi connectivity index (χ2n) is 6.39. The molecule has 1 aromatic heterocycles. The van der Waals surface area contributed by atoms with Crippen LogP contribution in [0.3, 0.4) is 0 Å². The molecule has 2 heterocycles. The molecule has 0 saturated heterocycles. The SMILES string of the molecule is CC(C)CCC(=O)N1Cc2ccnn2[C@@H](CN(C)C)C1. The first kappa shape index (κ1) is 15.0. The lowest BCUT2D eigenvalue weighted by Gasteiger charge is -2.35. The fraction of sp³-hybridized carbons (Fsp3) is 0.733. The highest BCUT2D eigenvalue weighted by Gasteiger charge is 2.28. The highest BCUT2D eigenvalue weighted by Crippen LogP contribution is 2.22. The van der Waals surface area contributed by atoms with E-state index in [1.54, 1.807) is 0 Å². The van der Waals surface area contributed by atoms with Gasteiger partial charge in [-0.2, -0.15) is 5.10 Å².